The summed E-state index contributed by atoms with van der Waals surface area (Å²) in [4.78, 5) is 7.20. The SMILES string of the molecule is [2H]c1c([2H])c([2H])c(-c2cccc(-c3c([2H])c([2H])c([2H])c([2H])c3[2H])c2-[n+]2[c-]n(-c3cccc(N(c4ccccc4)c4ccc5c6c7ccccc7ccc6n(-c6cc(C(C)(C)C)ccn6)c5c4)c3)c3ccccc32)c([2H])c1[2H]. The molecule has 320 valence electrons. The molecule has 5 nitrogen and oxygen atoms in total. The second-order valence-corrected chi connectivity index (χ2v) is 17.5. The van der Waals surface area contributed by atoms with Gasteiger partial charge < -0.3 is 4.90 Å². The van der Waals surface area contributed by atoms with Crippen LogP contribution >= 0.6 is 0 Å². The molecular formula is C62H47N5. The van der Waals surface area contributed by atoms with Crippen LogP contribution in [0.4, 0.5) is 17.1 Å². The third-order valence-corrected chi connectivity index (χ3v) is 12.5. The van der Waals surface area contributed by atoms with E-state index < -0.39 is 60.4 Å². The van der Waals surface area contributed by atoms with Crippen molar-refractivity contribution < 1.29 is 18.3 Å². The highest BCUT2D eigenvalue weighted by Gasteiger charge is 2.23. The lowest BCUT2D eigenvalue weighted by atomic mass is 9.88. The lowest BCUT2D eigenvalue weighted by Gasteiger charge is -2.26. The predicted molar refractivity (Wildman–Crippen MR) is 278 cm³/mol. The summed E-state index contributed by atoms with van der Waals surface area (Å²) in [5, 5.41) is 4.49. The number of hydrogen-bond acceptors (Lipinski definition) is 2. The lowest BCUT2D eigenvalue weighted by molar-refractivity contribution is -0.571. The number of anilines is 3. The Morgan fingerprint density at radius 1 is 0.552 bits per heavy atom. The molecule has 3 heterocycles. The van der Waals surface area contributed by atoms with Crippen molar-refractivity contribution in [1.29, 1.82) is 0 Å². The quantitative estimate of drug-likeness (QED) is 0.112. The fourth-order valence-electron chi connectivity index (χ4n) is 9.34. The van der Waals surface area contributed by atoms with Crippen LogP contribution in [0.25, 0.3) is 83.1 Å². The first kappa shape index (κ1) is 30.6. The Labute approximate surface area is 404 Å². The fourth-order valence-corrected chi connectivity index (χ4v) is 9.34. The largest absolute Gasteiger partial charge is 0.311 e. The molecule has 0 atom stereocenters. The number of rotatable bonds is 8. The van der Waals surface area contributed by atoms with Crippen molar-refractivity contribution in [3.8, 4) is 39.4 Å². The molecule has 3 aromatic heterocycles. The van der Waals surface area contributed by atoms with Gasteiger partial charge in [0.1, 0.15) is 5.82 Å². The van der Waals surface area contributed by atoms with Gasteiger partial charge in [-0.15, -0.1) is 0 Å². The maximum Gasteiger partial charge on any atom is 0.269 e. The van der Waals surface area contributed by atoms with E-state index in [2.05, 4.69) is 121 Å². The number of aromatic nitrogens is 4. The number of fused-ring (bicyclic) bond motifs is 6. The molecule has 0 radical (unpaired) electrons. The van der Waals surface area contributed by atoms with Gasteiger partial charge in [-0.25, -0.2) is 4.98 Å². The van der Waals surface area contributed by atoms with Gasteiger partial charge in [0, 0.05) is 34.0 Å². The number of imidazole rings is 1. The third-order valence-electron chi connectivity index (χ3n) is 12.5. The number of hydrogen-bond donors (Lipinski definition) is 0. The average Bonchev–Trinajstić information content (AvgIpc) is 4.19. The summed E-state index contributed by atoms with van der Waals surface area (Å²) in [5.41, 5.74) is 7.86. The zero-order valence-electron chi connectivity index (χ0n) is 46.9. The summed E-state index contributed by atoms with van der Waals surface area (Å²) >= 11 is 0. The minimum atomic E-state index is -0.564. The molecule has 0 amide bonds. The second kappa shape index (κ2) is 16.2. The third kappa shape index (κ3) is 6.95. The van der Waals surface area contributed by atoms with Gasteiger partial charge in [0.25, 0.3) is 6.33 Å². The van der Waals surface area contributed by atoms with Crippen molar-refractivity contribution in [3.63, 3.8) is 0 Å². The van der Waals surface area contributed by atoms with E-state index >= 15 is 0 Å². The molecule has 0 bridgehead atoms. The molecule has 5 heteroatoms. The van der Waals surface area contributed by atoms with Crippen LogP contribution in [0.3, 0.4) is 0 Å². The minimum absolute atomic E-state index is 0.120. The first-order valence-corrected chi connectivity index (χ1v) is 22.1. The van der Waals surface area contributed by atoms with Crippen LogP contribution in [0.2, 0.25) is 0 Å². The summed E-state index contributed by atoms with van der Waals surface area (Å²) in [7, 11) is 0. The van der Waals surface area contributed by atoms with E-state index in [9.17, 15) is 0 Å². The Morgan fingerprint density at radius 2 is 1.22 bits per heavy atom. The number of para-hydroxylation sites is 4. The monoisotopic (exact) mass is 871 g/mol. The van der Waals surface area contributed by atoms with Crippen molar-refractivity contribution in [1.82, 2.24) is 14.1 Å². The molecule has 0 N–H and O–H groups in total. The number of nitrogens with zero attached hydrogens (tertiary/aromatic N) is 5. The molecule has 0 saturated heterocycles. The Kier molecular flexibility index (Phi) is 7.37. The topological polar surface area (TPSA) is 29.9 Å². The molecule has 12 aromatic rings. The zero-order valence-corrected chi connectivity index (χ0v) is 36.9. The normalized spacial score (nSPS) is 13.9. The highest BCUT2D eigenvalue weighted by Crippen LogP contribution is 2.42. The Hall–Kier alpha value is -8.54. The summed E-state index contributed by atoms with van der Waals surface area (Å²) in [6.07, 6.45) is 5.43. The molecule has 0 unspecified atom stereocenters. The van der Waals surface area contributed by atoms with Gasteiger partial charge in [0.05, 0.1) is 47.1 Å². The highest BCUT2D eigenvalue weighted by atomic mass is 15.2. The van der Waals surface area contributed by atoms with Crippen LogP contribution in [0.5, 0.6) is 0 Å². The minimum Gasteiger partial charge on any atom is -0.311 e. The van der Waals surface area contributed by atoms with Gasteiger partial charge in [-0.05, 0) is 105 Å². The van der Waals surface area contributed by atoms with Crippen LogP contribution in [0, 0.1) is 6.33 Å². The standard InChI is InChI=1S/C62H47N5/c1-62(2,3)46-37-38-63-59(39-46)67-57-36-33-45-23-13-14-28-51(45)60(57)54-35-34-50(41-58(54)67)66(47-24-11-6-12-25-47)49-27-17-26-48(40-49)64-42-65(56-32-16-15-31-55(56)64)61-52(43-19-7-4-8-20-43)29-18-30-53(61)44-21-9-5-10-22-44/h4-41H,1-3H3/i4D,5D,7D,8D,9D,10D,19D,20D,21D,22D. The Bertz CT molecular complexity index is 4260. The van der Waals surface area contributed by atoms with Crippen LogP contribution in [0.1, 0.15) is 40.0 Å². The summed E-state index contributed by atoms with van der Waals surface area (Å²) in [5.74, 6) is 0.810. The molecule has 0 aliphatic rings. The maximum absolute atomic E-state index is 9.12. The van der Waals surface area contributed by atoms with Gasteiger partial charge in [-0.1, -0.05) is 184 Å². The first-order valence-electron chi connectivity index (χ1n) is 27.1. The Balaban J connectivity index is 1.09. The smallest absolute Gasteiger partial charge is 0.269 e. The summed E-state index contributed by atoms with van der Waals surface area (Å²) in [6.45, 7) is 6.61. The van der Waals surface area contributed by atoms with Gasteiger partial charge in [-0.2, -0.15) is 0 Å². The summed E-state index contributed by atoms with van der Waals surface area (Å²) in [6, 6.07) is 48.9. The lowest BCUT2D eigenvalue weighted by Crippen LogP contribution is -2.31. The molecule has 12 rings (SSSR count). The van der Waals surface area contributed by atoms with Crippen molar-refractivity contribution in [3.05, 3.63) is 242 Å². The van der Waals surface area contributed by atoms with Crippen molar-refractivity contribution >= 4 is 60.7 Å². The van der Waals surface area contributed by atoms with E-state index in [1.807, 2.05) is 71.4 Å². The van der Waals surface area contributed by atoms with Crippen molar-refractivity contribution in [2.24, 2.45) is 0 Å². The molecule has 0 fully saturated rings. The molecule has 67 heavy (non-hydrogen) atoms. The first-order chi connectivity index (χ1) is 37.0. The second-order valence-electron chi connectivity index (χ2n) is 17.5. The van der Waals surface area contributed by atoms with E-state index in [0.29, 0.717) is 16.7 Å². The van der Waals surface area contributed by atoms with Crippen LogP contribution < -0.4 is 9.47 Å². The molecular weight excluding hydrogens is 815 g/mol. The van der Waals surface area contributed by atoms with Gasteiger partial charge in [0.2, 0.25) is 0 Å². The Morgan fingerprint density at radius 3 is 1.99 bits per heavy atom. The van der Waals surface area contributed by atoms with E-state index in [4.69, 9.17) is 18.7 Å². The predicted octanol–water partition coefficient (Wildman–Crippen LogP) is 15.5. The molecule has 0 spiro atoms. The molecule has 0 saturated carbocycles. The van der Waals surface area contributed by atoms with Gasteiger partial charge in [0.15, 0.2) is 0 Å². The number of benzene rings is 9. The van der Waals surface area contributed by atoms with E-state index in [1.165, 1.54) is 0 Å². The van der Waals surface area contributed by atoms with Crippen LogP contribution in [-0.4, -0.2) is 14.1 Å². The van der Waals surface area contributed by atoms with Gasteiger partial charge >= 0.3 is 0 Å². The van der Waals surface area contributed by atoms with Crippen LogP contribution in [-0.2, 0) is 5.41 Å². The maximum atomic E-state index is 9.12. The average molecular weight is 872 g/mol. The van der Waals surface area contributed by atoms with Crippen LogP contribution in [0.15, 0.2) is 230 Å². The van der Waals surface area contributed by atoms with E-state index in [1.54, 1.807) is 22.8 Å². The summed E-state index contributed by atoms with van der Waals surface area (Å²) < 4.78 is 93.8. The van der Waals surface area contributed by atoms with Gasteiger partial charge in [-0.3, -0.25) is 13.7 Å². The molecule has 9 aromatic carbocycles. The highest BCUT2D eigenvalue weighted by molar-refractivity contribution is 6.21. The van der Waals surface area contributed by atoms with Crippen molar-refractivity contribution in [2.45, 2.75) is 26.2 Å². The van der Waals surface area contributed by atoms with E-state index in [-0.39, 0.29) is 33.4 Å². The zero-order chi connectivity index (χ0) is 53.8. The van der Waals surface area contributed by atoms with Crippen molar-refractivity contribution in [2.75, 3.05) is 4.90 Å². The molecule has 0 aliphatic carbocycles. The number of pyridine rings is 1. The molecule has 0 aliphatic heterocycles. The van der Waals surface area contributed by atoms with E-state index in [0.717, 1.165) is 61.0 Å². The fraction of sp³-hybridized carbons (Fsp3) is 0.0645.